The van der Waals surface area contributed by atoms with Gasteiger partial charge in [-0.1, -0.05) is 24.3 Å². The third-order valence-electron chi connectivity index (χ3n) is 5.23. The van der Waals surface area contributed by atoms with E-state index in [1.807, 2.05) is 43.6 Å². The number of likely N-dealkylation sites (N-methyl/N-ethyl adjacent to an activating group) is 1. The lowest BCUT2D eigenvalue weighted by molar-refractivity contribution is -0.129. The smallest absolute Gasteiger partial charge is 0.261 e. The molecule has 158 valence electrons. The van der Waals surface area contributed by atoms with Crippen molar-refractivity contribution >= 4 is 33.2 Å². The summed E-state index contributed by atoms with van der Waals surface area (Å²) in [6.07, 6.45) is 7.28. The molecule has 0 atom stereocenters. The van der Waals surface area contributed by atoms with Gasteiger partial charge in [0, 0.05) is 56.2 Å². The molecule has 0 spiro atoms. The van der Waals surface area contributed by atoms with Crippen LogP contribution in [0.4, 0.5) is 0 Å². The first kappa shape index (κ1) is 20.7. The van der Waals surface area contributed by atoms with Gasteiger partial charge < -0.3 is 10.2 Å². The van der Waals surface area contributed by atoms with E-state index in [0.717, 1.165) is 37.9 Å². The molecule has 0 aliphatic heterocycles. The Balaban J connectivity index is 1.66. The van der Waals surface area contributed by atoms with Crippen LogP contribution in [0.3, 0.4) is 0 Å². The van der Waals surface area contributed by atoms with E-state index in [9.17, 15) is 9.59 Å². The summed E-state index contributed by atoms with van der Waals surface area (Å²) in [4.78, 5) is 30.7. The number of carbonyl (C=O) groups is 2. The Hall–Kier alpha value is -3.52. The van der Waals surface area contributed by atoms with E-state index in [0.29, 0.717) is 4.88 Å². The number of fused-ring (bicyclic) bond motifs is 1. The third-order valence-corrected chi connectivity index (χ3v) is 6.46. The first-order valence-corrected chi connectivity index (χ1v) is 10.6. The van der Waals surface area contributed by atoms with Crippen LogP contribution in [0.1, 0.15) is 15.2 Å². The maximum atomic E-state index is 12.2. The summed E-state index contributed by atoms with van der Waals surface area (Å²) >= 11 is 1.46. The fourth-order valence-corrected chi connectivity index (χ4v) is 4.62. The molecule has 8 heteroatoms. The van der Waals surface area contributed by atoms with Crippen LogP contribution < -0.4 is 5.32 Å². The number of nitrogens with zero attached hydrogens (tertiary/aromatic N) is 4. The van der Waals surface area contributed by atoms with Crippen molar-refractivity contribution < 1.29 is 9.59 Å². The van der Waals surface area contributed by atoms with Gasteiger partial charge in [-0.25, -0.2) is 0 Å². The van der Waals surface area contributed by atoms with Gasteiger partial charge in [-0.2, -0.15) is 5.10 Å². The Morgan fingerprint density at radius 2 is 1.77 bits per heavy atom. The van der Waals surface area contributed by atoms with Crippen LogP contribution in [0.5, 0.6) is 0 Å². The zero-order valence-corrected chi connectivity index (χ0v) is 18.7. The number of amides is 2. The minimum Gasteiger partial charge on any atom is -0.354 e. The van der Waals surface area contributed by atoms with E-state index in [-0.39, 0.29) is 18.4 Å². The third kappa shape index (κ3) is 3.94. The largest absolute Gasteiger partial charge is 0.354 e. The number of nitrogens with one attached hydrogen (secondary N) is 1. The van der Waals surface area contributed by atoms with Gasteiger partial charge in [0.15, 0.2) is 0 Å². The molecule has 0 aliphatic carbocycles. The lowest BCUT2D eigenvalue weighted by Gasteiger charge is -2.09. The topological polar surface area (TPSA) is 80.1 Å². The summed E-state index contributed by atoms with van der Waals surface area (Å²) in [5.74, 6) is -0.0855. The molecule has 0 bridgehead atoms. The number of benzene rings is 1. The maximum absolute atomic E-state index is 12.2. The van der Waals surface area contributed by atoms with Crippen LogP contribution in [-0.4, -0.2) is 52.6 Å². The average Bonchev–Trinajstić information content (AvgIpc) is 3.38. The van der Waals surface area contributed by atoms with Gasteiger partial charge in [-0.05, 0) is 23.6 Å². The van der Waals surface area contributed by atoms with Gasteiger partial charge >= 0.3 is 0 Å². The molecule has 4 aromatic rings. The van der Waals surface area contributed by atoms with E-state index in [1.165, 1.54) is 11.3 Å². The predicted molar refractivity (Wildman–Crippen MR) is 123 cm³/mol. The fraction of sp³-hybridized carbons (Fsp3) is 0.217. The normalized spacial score (nSPS) is 11.0. The number of hydrogen-bond donors (Lipinski definition) is 1. The second-order valence-electron chi connectivity index (χ2n) is 7.49. The zero-order chi connectivity index (χ0) is 22.1. The van der Waals surface area contributed by atoms with Crippen molar-refractivity contribution in [2.45, 2.75) is 13.5 Å². The van der Waals surface area contributed by atoms with Crippen molar-refractivity contribution in [2.75, 3.05) is 21.1 Å². The molecule has 0 radical (unpaired) electrons. The van der Waals surface area contributed by atoms with Crippen molar-refractivity contribution in [3.63, 3.8) is 0 Å². The van der Waals surface area contributed by atoms with Crippen molar-refractivity contribution in [1.82, 2.24) is 25.0 Å². The number of hydrogen-bond acceptors (Lipinski definition) is 5. The molecule has 0 saturated carbocycles. The molecule has 4 rings (SSSR count). The Bertz CT molecular complexity index is 1270. The summed E-state index contributed by atoms with van der Waals surface area (Å²) in [5.41, 5.74) is 4.96. The van der Waals surface area contributed by atoms with E-state index >= 15 is 0 Å². The van der Waals surface area contributed by atoms with Gasteiger partial charge in [-0.3, -0.25) is 19.3 Å². The van der Waals surface area contributed by atoms with Crippen LogP contribution in [-0.2, 0) is 11.3 Å². The number of thiophene rings is 1. The van der Waals surface area contributed by atoms with E-state index in [1.54, 1.807) is 43.1 Å². The highest BCUT2D eigenvalue weighted by Gasteiger charge is 2.18. The van der Waals surface area contributed by atoms with Crippen LogP contribution in [0.2, 0.25) is 0 Å². The van der Waals surface area contributed by atoms with Gasteiger partial charge in [-0.15, -0.1) is 11.3 Å². The van der Waals surface area contributed by atoms with Crippen LogP contribution in [0.25, 0.3) is 32.3 Å². The highest BCUT2D eigenvalue weighted by atomic mass is 32.1. The fourth-order valence-electron chi connectivity index (χ4n) is 3.48. The molecule has 1 N–H and O–H groups in total. The summed E-state index contributed by atoms with van der Waals surface area (Å²) in [6, 6.07) is 8.16. The Kier molecular flexibility index (Phi) is 5.56. The first-order chi connectivity index (χ1) is 14.9. The van der Waals surface area contributed by atoms with E-state index in [4.69, 9.17) is 0 Å². The summed E-state index contributed by atoms with van der Waals surface area (Å²) in [5, 5.41) is 8.06. The SMILES string of the molecule is CNC(=O)c1sc2cncc(-c3ccc(-c4cnn(CC(=O)N(C)C)c4)cc3)c2c1C. The second kappa shape index (κ2) is 8.31. The first-order valence-electron chi connectivity index (χ1n) is 9.81. The Morgan fingerprint density at radius 1 is 1.06 bits per heavy atom. The summed E-state index contributed by atoms with van der Waals surface area (Å²) in [6.45, 7) is 2.19. The molecule has 2 amide bonds. The Morgan fingerprint density at radius 3 is 2.45 bits per heavy atom. The van der Waals surface area contributed by atoms with Crippen molar-refractivity contribution in [2.24, 2.45) is 0 Å². The number of carbonyl (C=O) groups excluding carboxylic acids is 2. The van der Waals surface area contributed by atoms with E-state index < -0.39 is 0 Å². The molecule has 0 fully saturated rings. The molecule has 0 unspecified atom stereocenters. The van der Waals surface area contributed by atoms with Gasteiger partial charge in [0.1, 0.15) is 6.54 Å². The van der Waals surface area contributed by atoms with Crippen LogP contribution >= 0.6 is 11.3 Å². The standard InChI is InChI=1S/C23H23N5O2S/c1-14-21-18(10-25-11-19(21)31-22(14)23(30)24-2)16-7-5-15(6-8-16)17-9-26-28(12-17)13-20(29)27(3)4/h5-12H,13H2,1-4H3,(H,24,30). The molecule has 1 aromatic carbocycles. The molecule has 3 heterocycles. The minimum absolute atomic E-state index is 0.00662. The molecule has 7 nitrogen and oxygen atoms in total. The summed E-state index contributed by atoms with van der Waals surface area (Å²) < 4.78 is 2.63. The lowest BCUT2D eigenvalue weighted by atomic mass is 9.99. The van der Waals surface area contributed by atoms with Gasteiger partial charge in [0.05, 0.1) is 15.8 Å². The molecule has 31 heavy (non-hydrogen) atoms. The van der Waals surface area contributed by atoms with Gasteiger partial charge in [0.2, 0.25) is 5.91 Å². The quantitative estimate of drug-likeness (QED) is 0.522. The second-order valence-corrected chi connectivity index (χ2v) is 8.54. The van der Waals surface area contributed by atoms with Crippen LogP contribution in [0, 0.1) is 6.92 Å². The van der Waals surface area contributed by atoms with E-state index in [2.05, 4.69) is 15.4 Å². The number of pyridine rings is 1. The highest BCUT2D eigenvalue weighted by Crippen LogP contribution is 2.37. The van der Waals surface area contributed by atoms with Crippen molar-refractivity contribution in [1.29, 1.82) is 0 Å². The molecular weight excluding hydrogens is 410 g/mol. The number of aryl methyl sites for hydroxylation is 1. The Labute approximate surface area is 184 Å². The predicted octanol–water partition coefficient (Wildman–Crippen LogP) is 3.58. The zero-order valence-electron chi connectivity index (χ0n) is 17.8. The lowest BCUT2D eigenvalue weighted by Crippen LogP contribution is -2.26. The monoisotopic (exact) mass is 433 g/mol. The van der Waals surface area contributed by atoms with Crippen molar-refractivity contribution in [3.8, 4) is 22.3 Å². The maximum Gasteiger partial charge on any atom is 0.261 e. The molecular formula is C23H23N5O2S. The molecule has 0 saturated heterocycles. The minimum atomic E-state index is -0.0789. The average molecular weight is 434 g/mol. The molecule has 3 aromatic heterocycles. The number of rotatable bonds is 5. The highest BCUT2D eigenvalue weighted by molar-refractivity contribution is 7.21. The van der Waals surface area contributed by atoms with Crippen molar-refractivity contribution in [3.05, 3.63) is 59.5 Å². The van der Waals surface area contributed by atoms with Gasteiger partial charge in [0.25, 0.3) is 5.91 Å². The summed E-state index contributed by atoms with van der Waals surface area (Å²) in [7, 11) is 5.10. The van der Waals surface area contributed by atoms with Crippen LogP contribution in [0.15, 0.2) is 49.1 Å². The molecule has 0 aliphatic rings. The number of aromatic nitrogens is 3.